The third kappa shape index (κ3) is 3.40. The van der Waals surface area contributed by atoms with Gasteiger partial charge in [-0.05, 0) is 30.3 Å². The standard InChI is InChI=1S/C20H16ClN5O3S/c21-12-3-1-4-13(7-12)26-18-16(10-23-26)19(28)25-14(11-30-20(25)24-18)8-17(27)22-9-15-5-2-6-29-15/h1-7,10,14H,8-9,11H2,(H,22,27)/t14-/m0/s1. The Morgan fingerprint density at radius 2 is 2.23 bits per heavy atom. The number of fused-ring (bicyclic) bond motifs is 2. The zero-order chi connectivity index (χ0) is 20.7. The highest BCUT2D eigenvalue weighted by Crippen LogP contribution is 2.33. The van der Waals surface area contributed by atoms with Crippen molar-refractivity contribution in [1.29, 1.82) is 0 Å². The van der Waals surface area contributed by atoms with Crippen molar-refractivity contribution in [2.24, 2.45) is 0 Å². The van der Waals surface area contributed by atoms with Crippen LogP contribution >= 0.6 is 23.4 Å². The van der Waals surface area contributed by atoms with Gasteiger partial charge in [0.05, 0.1) is 30.7 Å². The number of carbonyl (C=O) groups excluding carboxylic acids is 1. The molecule has 1 aliphatic heterocycles. The molecule has 0 aliphatic carbocycles. The monoisotopic (exact) mass is 441 g/mol. The van der Waals surface area contributed by atoms with Crippen LogP contribution in [0.5, 0.6) is 0 Å². The maximum atomic E-state index is 13.2. The highest BCUT2D eigenvalue weighted by Gasteiger charge is 2.29. The first kappa shape index (κ1) is 19.0. The van der Waals surface area contributed by atoms with Gasteiger partial charge in [0.2, 0.25) is 5.91 Å². The molecule has 4 aromatic rings. The first-order valence-corrected chi connectivity index (χ1v) is 10.6. The van der Waals surface area contributed by atoms with Crippen molar-refractivity contribution in [3.05, 3.63) is 70.0 Å². The number of thioether (sulfide) groups is 1. The van der Waals surface area contributed by atoms with Gasteiger partial charge in [-0.15, -0.1) is 0 Å². The number of nitrogens with zero attached hydrogens (tertiary/aromatic N) is 4. The Morgan fingerprint density at radius 1 is 1.33 bits per heavy atom. The number of aromatic nitrogens is 4. The number of nitrogens with one attached hydrogen (secondary N) is 1. The van der Waals surface area contributed by atoms with Gasteiger partial charge in [-0.1, -0.05) is 29.4 Å². The summed E-state index contributed by atoms with van der Waals surface area (Å²) in [6, 6.07) is 10.5. The number of halogens is 1. The second-order valence-electron chi connectivity index (χ2n) is 6.87. The van der Waals surface area contributed by atoms with E-state index in [1.165, 1.54) is 18.0 Å². The third-order valence-electron chi connectivity index (χ3n) is 4.88. The summed E-state index contributed by atoms with van der Waals surface area (Å²) in [4.78, 5) is 30.2. The summed E-state index contributed by atoms with van der Waals surface area (Å²) in [5.41, 5.74) is 1.01. The molecule has 8 nitrogen and oxygen atoms in total. The van der Waals surface area contributed by atoms with Crippen LogP contribution in [0.15, 0.2) is 63.2 Å². The van der Waals surface area contributed by atoms with E-state index >= 15 is 0 Å². The Labute approximate surface area is 179 Å². The largest absolute Gasteiger partial charge is 0.467 e. The zero-order valence-electron chi connectivity index (χ0n) is 15.6. The third-order valence-corrected chi connectivity index (χ3v) is 6.22. The van der Waals surface area contributed by atoms with Gasteiger partial charge in [-0.25, -0.2) is 9.67 Å². The minimum Gasteiger partial charge on any atom is -0.467 e. The molecule has 0 spiro atoms. The Kier molecular flexibility index (Phi) is 4.84. The zero-order valence-corrected chi connectivity index (χ0v) is 17.2. The number of hydrogen-bond acceptors (Lipinski definition) is 6. The SMILES string of the molecule is O=C(C[C@H]1CSc2nc3c(cnn3-c3cccc(Cl)c3)c(=O)n21)NCc1ccco1. The molecule has 0 saturated carbocycles. The van der Waals surface area contributed by atoms with E-state index in [1.807, 2.05) is 12.1 Å². The molecule has 5 rings (SSSR count). The van der Waals surface area contributed by atoms with Gasteiger partial charge < -0.3 is 9.73 Å². The highest BCUT2D eigenvalue weighted by atomic mass is 35.5. The van der Waals surface area contributed by atoms with E-state index in [1.54, 1.807) is 39.8 Å². The van der Waals surface area contributed by atoms with Crippen LogP contribution in [-0.4, -0.2) is 31.0 Å². The van der Waals surface area contributed by atoms with E-state index in [9.17, 15) is 9.59 Å². The molecule has 4 heterocycles. The molecule has 3 aromatic heterocycles. The number of rotatable bonds is 5. The molecule has 1 aromatic carbocycles. The van der Waals surface area contributed by atoms with Crippen LogP contribution in [0.2, 0.25) is 5.02 Å². The van der Waals surface area contributed by atoms with Crippen LogP contribution in [0.4, 0.5) is 0 Å². The topological polar surface area (TPSA) is 95.0 Å². The van der Waals surface area contributed by atoms with E-state index in [0.717, 1.165) is 5.69 Å². The van der Waals surface area contributed by atoms with Gasteiger partial charge in [0, 0.05) is 17.2 Å². The molecule has 30 heavy (non-hydrogen) atoms. The molecule has 0 bridgehead atoms. The fraction of sp³-hybridized carbons (Fsp3) is 0.200. The summed E-state index contributed by atoms with van der Waals surface area (Å²) in [5, 5.41) is 8.72. The molecule has 0 fully saturated rings. The number of furan rings is 1. The van der Waals surface area contributed by atoms with E-state index < -0.39 is 0 Å². The smallest absolute Gasteiger partial charge is 0.265 e. The van der Waals surface area contributed by atoms with Crippen molar-refractivity contribution in [3.8, 4) is 5.69 Å². The van der Waals surface area contributed by atoms with E-state index in [0.29, 0.717) is 39.3 Å². The normalized spacial score (nSPS) is 15.4. The number of carbonyl (C=O) groups is 1. The van der Waals surface area contributed by atoms with Gasteiger partial charge in [0.1, 0.15) is 11.1 Å². The lowest BCUT2D eigenvalue weighted by Crippen LogP contribution is -2.30. The summed E-state index contributed by atoms with van der Waals surface area (Å²) in [6.07, 6.45) is 3.26. The molecule has 1 aliphatic rings. The number of amides is 1. The average Bonchev–Trinajstić information content (AvgIpc) is 3.47. The summed E-state index contributed by atoms with van der Waals surface area (Å²) >= 11 is 7.55. The molecule has 0 unspecified atom stereocenters. The van der Waals surface area contributed by atoms with Crippen LogP contribution < -0.4 is 10.9 Å². The van der Waals surface area contributed by atoms with Crippen molar-refractivity contribution < 1.29 is 9.21 Å². The fourth-order valence-electron chi connectivity index (χ4n) is 3.46. The van der Waals surface area contributed by atoms with Crippen LogP contribution in [0.3, 0.4) is 0 Å². The van der Waals surface area contributed by atoms with Crippen molar-refractivity contribution in [1.82, 2.24) is 24.6 Å². The second kappa shape index (κ2) is 7.66. The lowest BCUT2D eigenvalue weighted by atomic mass is 10.2. The quantitative estimate of drug-likeness (QED) is 0.478. The van der Waals surface area contributed by atoms with Gasteiger partial charge in [-0.3, -0.25) is 14.2 Å². The molecule has 0 radical (unpaired) electrons. The molecule has 152 valence electrons. The molecular formula is C20H16ClN5O3S. The molecule has 10 heteroatoms. The number of benzene rings is 1. The predicted molar refractivity (Wildman–Crippen MR) is 113 cm³/mol. The van der Waals surface area contributed by atoms with E-state index in [-0.39, 0.29) is 23.9 Å². The molecule has 1 atom stereocenters. The van der Waals surface area contributed by atoms with Crippen molar-refractivity contribution >= 4 is 40.3 Å². The van der Waals surface area contributed by atoms with Crippen molar-refractivity contribution in [3.63, 3.8) is 0 Å². The maximum absolute atomic E-state index is 13.2. The summed E-state index contributed by atoms with van der Waals surface area (Å²) < 4.78 is 8.43. The Balaban J connectivity index is 1.43. The molecule has 1 amide bonds. The summed E-state index contributed by atoms with van der Waals surface area (Å²) in [5.74, 6) is 1.14. The van der Waals surface area contributed by atoms with Crippen LogP contribution in [0.1, 0.15) is 18.2 Å². The van der Waals surface area contributed by atoms with Crippen LogP contribution in [0, 0.1) is 0 Å². The molecule has 1 N–H and O–H groups in total. The Hall–Kier alpha value is -3.04. The lowest BCUT2D eigenvalue weighted by molar-refractivity contribution is -0.122. The first-order valence-electron chi connectivity index (χ1n) is 9.28. The maximum Gasteiger partial charge on any atom is 0.265 e. The van der Waals surface area contributed by atoms with Crippen LogP contribution in [0.25, 0.3) is 16.7 Å². The van der Waals surface area contributed by atoms with Crippen LogP contribution in [-0.2, 0) is 11.3 Å². The minimum absolute atomic E-state index is 0.147. The van der Waals surface area contributed by atoms with E-state index in [4.69, 9.17) is 16.0 Å². The van der Waals surface area contributed by atoms with Gasteiger partial charge >= 0.3 is 0 Å². The Bertz CT molecular complexity index is 1300. The fourth-order valence-corrected chi connectivity index (χ4v) is 4.78. The molecule has 0 saturated heterocycles. The summed E-state index contributed by atoms with van der Waals surface area (Å²) in [6.45, 7) is 0.317. The van der Waals surface area contributed by atoms with Gasteiger partial charge in [0.15, 0.2) is 10.8 Å². The predicted octanol–water partition coefficient (Wildman–Crippen LogP) is 3.18. The van der Waals surface area contributed by atoms with Gasteiger partial charge in [-0.2, -0.15) is 5.10 Å². The lowest BCUT2D eigenvalue weighted by Gasteiger charge is -2.13. The second-order valence-corrected chi connectivity index (χ2v) is 8.29. The van der Waals surface area contributed by atoms with E-state index in [2.05, 4.69) is 15.4 Å². The Morgan fingerprint density at radius 3 is 3.03 bits per heavy atom. The van der Waals surface area contributed by atoms with Crippen molar-refractivity contribution in [2.75, 3.05) is 5.75 Å². The number of hydrogen-bond donors (Lipinski definition) is 1. The van der Waals surface area contributed by atoms with Crippen molar-refractivity contribution in [2.45, 2.75) is 24.2 Å². The minimum atomic E-state index is -0.263. The molecular weight excluding hydrogens is 426 g/mol. The highest BCUT2D eigenvalue weighted by molar-refractivity contribution is 7.99. The summed E-state index contributed by atoms with van der Waals surface area (Å²) in [7, 11) is 0. The average molecular weight is 442 g/mol. The first-order chi connectivity index (χ1) is 14.6. The van der Waals surface area contributed by atoms with Gasteiger partial charge in [0.25, 0.3) is 5.56 Å².